The van der Waals surface area contributed by atoms with Crippen molar-refractivity contribution < 1.29 is 8.42 Å². The minimum absolute atomic E-state index is 0.208. The first kappa shape index (κ1) is 13.5. The van der Waals surface area contributed by atoms with Gasteiger partial charge in [-0.3, -0.25) is 0 Å². The minimum Gasteiger partial charge on any atom is -0.211 e. The van der Waals surface area contributed by atoms with Crippen LogP contribution in [0, 0.1) is 16.7 Å². The largest absolute Gasteiger partial charge is 0.230 e. The smallest absolute Gasteiger partial charge is 0.211 e. The summed E-state index contributed by atoms with van der Waals surface area (Å²) in [5.74, 6) is 0. The number of hydrogen-bond donors (Lipinski definition) is 0. The third-order valence-corrected chi connectivity index (χ3v) is 5.37. The third kappa shape index (κ3) is 2.96. The number of nitrogens with zero attached hydrogens (tertiary/aromatic N) is 2. The summed E-state index contributed by atoms with van der Waals surface area (Å²) in [6.07, 6.45) is 2.79. The summed E-state index contributed by atoms with van der Waals surface area (Å²) in [4.78, 5) is 0. The first-order valence-electron chi connectivity index (χ1n) is 5.68. The average molecular weight is 244 g/mol. The summed E-state index contributed by atoms with van der Waals surface area (Å²) in [6, 6.07) is 1.81. The van der Waals surface area contributed by atoms with Crippen molar-refractivity contribution in [3.63, 3.8) is 0 Å². The fraction of sp³-hybridized carbons (Fsp3) is 0.909. The summed E-state index contributed by atoms with van der Waals surface area (Å²) >= 11 is 0. The van der Waals surface area contributed by atoms with Gasteiger partial charge in [-0.05, 0) is 31.6 Å². The normalized spacial score (nSPS) is 24.4. The van der Waals surface area contributed by atoms with Gasteiger partial charge >= 0.3 is 0 Å². The zero-order valence-electron chi connectivity index (χ0n) is 10.2. The highest BCUT2D eigenvalue weighted by Crippen LogP contribution is 2.31. The van der Waals surface area contributed by atoms with Crippen molar-refractivity contribution in [3.8, 4) is 6.07 Å². The maximum absolute atomic E-state index is 12.0. The van der Waals surface area contributed by atoms with Crippen LogP contribution in [0.2, 0.25) is 0 Å². The van der Waals surface area contributed by atoms with E-state index in [0.29, 0.717) is 13.1 Å². The highest BCUT2D eigenvalue weighted by Gasteiger charge is 2.32. The van der Waals surface area contributed by atoms with Gasteiger partial charge in [0.2, 0.25) is 10.0 Å². The first-order chi connectivity index (χ1) is 7.29. The Hall–Kier alpha value is -0.600. The monoisotopic (exact) mass is 244 g/mol. The van der Waals surface area contributed by atoms with Crippen LogP contribution < -0.4 is 0 Å². The Morgan fingerprint density at radius 2 is 1.94 bits per heavy atom. The average Bonchev–Trinajstić information content (AvgIpc) is 2.38. The van der Waals surface area contributed by atoms with Crippen LogP contribution in [-0.2, 0) is 10.0 Å². The standard InChI is InChI=1S/C11H20N2O2S/c1-10(9-12)16(14,15)13-7-4-5-11(2,3)6-8-13/h10H,4-8H2,1-3H3. The molecule has 1 aliphatic heterocycles. The van der Waals surface area contributed by atoms with Crippen molar-refractivity contribution in [1.82, 2.24) is 4.31 Å². The SMILES string of the molecule is CC(C#N)S(=O)(=O)N1CCCC(C)(C)CC1. The van der Waals surface area contributed by atoms with Crippen LogP contribution in [0.3, 0.4) is 0 Å². The van der Waals surface area contributed by atoms with E-state index in [1.807, 2.05) is 6.07 Å². The van der Waals surface area contributed by atoms with E-state index in [1.165, 1.54) is 11.2 Å². The van der Waals surface area contributed by atoms with Gasteiger partial charge in [-0.2, -0.15) is 5.26 Å². The molecule has 0 radical (unpaired) electrons. The van der Waals surface area contributed by atoms with E-state index < -0.39 is 15.3 Å². The van der Waals surface area contributed by atoms with Gasteiger partial charge in [0.15, 0.2) is 5.25 Å². The van der Waals surface area contributed by atoms with Crippen molar-refractivity contribution in [3.05, 3.63) is 0 Å². The Kier molecular flexibility index (Phi) is 3.97. The summed E-state index contributed by atoms with van der Waals surface area (Å²) in [7, 11) is -3.41. The molecule has 1 atom stereocenters. The molecular formula is C11H20N2O2S. The van der Waals surface area contributed by atoms with Crippen LogP contribution in [0.15, 0.2) is 0 Å². The number of sulfonamides is 1. The molecule has 1 saturated heterocycles. The van der Waals surface area contributed by atoms with E-state index in [4.69, 9.17) is 5.26 Å². The second-order valence-electron chi connectivity index (χ2n) is 5.23. The van der Waals surface area contributed by atoms with Gasteiger partial charge in [0, 0.05) is 13.1 Å². The molecule has 0 saturated carbocycles. The van der Waals surface area contributed by atoms with E-state index in [2.05, 4.69) is 13.8 Å². The van der Waals surface area contributed by atoms with Gasteiger partial charge < -0.3 is 0 Å². The van der Waals surface area contributed by atoms with Gasteiger partial charge in [-0.1, -0.05) is 13.8 Å². The highest BCUT2D eigenvalue weighted by molar-refractivity contribution is 7.89. The van der Waals surface area contributed by atoms with Crippen molar-refractivity contribution in [2.24, 2.45) is 5.41 Å². The van der Waals surface area contributed by atoms with Gasteiger partial charge in [0.1, 0.15) is 0 Å². The van der Waals surface area contributed by atoms with Crippen molar-refractivity contribution >= 4 is 10.0 Å². The molecule has 0 N–H and O–H groups in total. The number of hydrogen-bond acceptors (Lipinski definition) is 3. The Bertz CT molecular complexity index is 381. The lowest BCUT2D eigenvalue weighted by atomic mass is 9.85. The highest BCUT2D eigenvalue weighted by atomic mass is 32.2. The molecule has 1 fully saturated rings. The summed E-state index contributed by atoms with van der Waals surface area (Å²) < 4.78 is 25.4. The van der Waals surface area contributed by atoms with Gasteiger partial charge in [0.25, 0.3) is 0 Å². The van der Waals surface area contributed by atoms with Crippen molar-refractivity contribution in [2.75, 3.05) is 13.1 Å². The predicted octanol–water partition coefficient (Wildman–Crippen LogP) is 1.74. The zero-order valence-corrected chi connectivity index (χ0v) is 11.0. The Balaban J connectivity index is 2.80. The number of rotatable bonds is 2. The first-order valence-corrected chi connectivity index (χ1v) is 7.18. The van der Waals surface area contributed by atoms with Gasteiger partial charge in [-0.25, -0.2) is 12.7 Å². The summed E-state index contributed by atoms with van der Waals surface area (Å²) in [6.45, 7) is 6.87. The van der Waals surface area contributed by atoms with Crippen LogP contribution in [0.25, 0.3) is 0 Å². The fourth-order valence-corrected chi connectivity index (χ4v) is 3.25. The minimum atomic E-state index is -3.41. The van der Waals surface area contributed by atoms with Crippen LogP contribution >= 0.6 is 0 Å². The maximum Gasteiger partial charge on any atom is 0.230 e. The number of nitriles is 1. The predicted molar refractivity (Wildman–Crippen MR) is 63.2 cm³/mol. The van der Waals surface area contributed by atoms with Crippen LogP contribution in [0.5, 0.6) is 0 Å². The molecule has 1 unspecified atom stereocenters. The van der Waals surface area contributed by atoms with Crippen LogP contribution in [0.4, 0.5) is 0 Å². The Morgan fingerprint density at radius 3 is 2.50 bits per heavy atom. The Morgan fingerprint density at radius 1 is 1.31 bits per heavy atom. The molecular weight excluding hydrogens is 224 g/mol. The van der Waals surface area contributed by atoms with E-state index in [0.717, 1.165) is 19.3 Å². The second-order valence-corrected chi connectivity index (χ2v) is 7.49. The lowest BCUT2D eigenvalue weighted by molar-refractivity contribution is 0.314. The fourth-order valence-electron chi connectivity index (χ4n) is 1.94. The van der Waals surface area contributed by atoms with Crippen molar-refractivity contribution in [2.45, 2.75) is 45.3 Å². The van der Waals surface area contributed by atoms with Gasteiger partial charge in [-0.15, -0.1) is 0 Å². The lowest BCUT2D eigenvalue weighted by Gasteiger charge is -2.23. The van der Waals surface area contributed by atoms with E-state index in [1.54, 1.807) is 0 Å². The second kappa shape index (κ2) is 4.72. The van der Waals surface area contributed by atoms with Crippen molar-refractivity contribution in [1.29, 1.82) is 5.26 Å². The molecule has 0 aliphatic carbocycles. The third-order valence-electron chi connectivity index (χ3n) is 3.29. The molecule has 1 heterocycles. The molecule has 92 valence electrons. The molecule has 16 heavy (non-hydrogen) atoms. The lowest BCUT2D eigenvalue weighted by Crippen LogP contribution is -2.37. The molecule has 4 nitrogen and oxygen atoms in total. The molecule has 0 aromatic carbocycles. The van der Waals surface area contributed by atoms with Gasteiger partial charge in [0.05, 0.1) is 6.07 Å². The molecule has 0 amide bonds. The maximum atomic E-state index is 12.0. The molecule has 0 aromatic rings. The quantitative estimate of drug-likeness (QED) is 0.743. The Labute approximate surface area is 98.3 Å². The summed E-state index contributed by atoms with van der Waals surface area (Å²) in [5, 5.41) is 7.78. The van der Waals surface area contributed by atoms with Crippen LogP contribution in [0.1, 0.15) is 40.0 Å². The van der Waals surface area contributed by atoms with E-state index in [9.17, 15) is 8.42 Å². The van der Waals surface area contributed by atoms with E-state index in [-0.39, 0.29) is 5.41 Å². The molecule has 0 spiro atoms. The molecule has 5 heteroatoms. The molecule has 1 aliphatic rings. The molecule has 0 aromatic heterocycles. The zero-order chi connectivity index (χ0) is 12.4. The molecule has 0 bridgehead atoms. The summed E-state index contributed by atoms with van der Waals surface area (Å²) in [5.41, 5.74) is 0.208. The van der Waals surface area contributed by atoms with Crippen LogP contribution in [-0.4, -0.2) is 31.1 Å². The van der Waals surface area contributed by atoms with E-state index >= 15 is 0 Å². The topological polar surface area (TPSA) is 61.2 Å². The molecule has 1 rings (SSSR count).